The van der Waals surface area contributed by atoms with Gasteiger partial charge in [0.1, 0.15) is 0 Å². The van der Waals surface area contributed by atoms with E-state index in [1.165, 1.54) is 64.2 Å². The molecular formula is C16H38N4. The van der Waals surface area contributed by atoms with Gasteiger partial charge in [0.25, 0.3) is 0 Å². The molecular weight excluding hydrogens is 248 g/mol. The minimum atomic E-state index is 0.182. The molecule has 4 heteroatoms. The summed E-state index contributed by atoms with van der Waals surface area (Å²) in [4.78, 5) is 0. The molecule has 0 amide bonds. The highest BCUT2D eigenvalue weighted by Gasteiger charge is 2.00. The quantitative estimate of drug-likeness (QED) is 0.259. The van der Waals surface area contributed by atoms with Crippen molar-refractivity contribution in [3.63, 3.8) is 0 Å². The molecule has 0 aromatic carbocycles. The van der Waals surface area contributed by atoms with E-state index in [4.69, 9.17) is 17.2 Å². The molecule has 0 bridgehead atoms. The van der Waals surface area contributed by atoms with Crippen LogP contribution < -0.4 is 22.5 Å². The Bertz CT molecular complexity index is 176. The van der Waals surface area contributed by atoms with Crippen molar-refractivity contribution in [1.29, 1.82) is 0 Å². The second kappa shape index (κ2) is 16.9. The molecule has 0 rings (SSSR count). The lowest BCUT2D eigenvalue weighted by atomic mass is 10.1. The van der Waals surface area contributed by atoms with Crippen LogP contribution in [0.3, 0.4) is 0 Å². The molecule has 0 aliphatic carbocycles. The number of nitrogens with one attached hydrogen (secondary N) is 1. The molecule has 1 unspecified atom stereocenters. The van der Waals surface area contributed by atoms with Gasteiger partial charge in [-0.1, -0.05) is 51.4 Å². The van der Waals surface area contributed by atoms with Gasteiger partial charge in [-0.15, -0.1) is 0 Å². The van der Waals surface area contributed by atoms with Gasteiger partial charge >= 0.3 is 0 Å². The number of unbranched alkanes of at least 4 members (excludes halogenated alkanes) is 9. The predicted octanol–water partition coefficient (Wildman–Crippen LogP) is 2.46. The Kier molecular flexibility index (Phi) is 16.8. The Balaban J connectivity index is 3.10. The van der Waals surface area contributed by atoms with Crippen molar-refractivity contribution in [2.45, 2.75) is 83.2 Å². The SMILES string of the molecule is NCCCCCCCCNC(N)CCCCCCCN. The largest absolute Gasteiger partial charge is 0.330 e. The zero-order chi connectivity index (χ0) is 14.9. The molecule has 122 valence electrons. The predicted molar refractivity (Wildman–Crippen MR) is 89.5 cm³/mol. The van der Waals surface area contributed by atoms with Crippen LogP contribution in [0.5, 0.6) is 0 Å². The average Bonchev–Trinajstić information content (AvgIpc) is 2.45. The maximum absolute atomic E-state index is 6.05. The first-order valence-corrected chi connectivity index (χ1v) is 8.70. The standard InChI is InChI=1S/C16H38N4/c17-13-9-5-1-2-7-11-15-20-16(19)12-8-4-3-6-10-14-18/h16,20H,1-15,17-19H2. The van der Waals surface area contributed by atoms with Gasteiger partial charge in [-0.2, -0.15) is 0 Å². The fourth-order valence-corrected chi connectivity index (χ4v) is 2.40. The smallest absolute Gasteiger partial charge is 0.0546 e. The summed E-state index contributed by atoms with van der Waals surface area (Å²) in [5.74, 6) is 0. The summed E-state index contributed by atoms with van der Waals surface area (Å²) in [6, 6.07) is 0. The van der Waals surface area contributed by atoms with Gasteiger partial charge in [0, 0.05) is 0 Å². The molecule has 0 aromatic rings. The number of rotatable bonds is 16. The summed E-state index contributed by atoms with van der Waals surface area (Å²) >= 11 is 0. The first-order chi connectivity index (χ1) is 9.81. The van der Waals surface area contributed by atoms with Gasteiger partial charge < -0.3 is 22.5 Å². The first kappa shape index (κ1) is 19.8. The fourth-order valence-electron chi connectivity index (χ4n) is 2.40. The average molecular weight is 287 g/mol. The zero-order valence-corrected chi connectivity index (χ0v) is 13.4. The summed E-state index contributed by atoms with van der Waals surface area (Å²) in [5, 5.41) is 3.42. The van der Waals surface area contributed by atoms with E-state index in [0.29, 0.717) is 0 Å². The highest BCUT2D eigenvalue weighted by molar-refractivity contribution is 4.60. The van der Waals surface area contributed by atoms with E-state index < -0.39 is 0 Å². The zero-order valence-electron chi connectivity index (χ0n) is 13.4. The van der Waals surface area contributed by atoms with E-state index in [-0.39, 0.29) is 6.17 Å². The Morgan fingerprint density at radius 1 is 0.600 bits per heavy atom. The summed E-state index contributed by atoms with van der Waals surface area (Å²) in [7, 11) is 0. The van der Waals surface area contributed by atoms with Crippen molar-refractivity contribution < 1.29 is 0 Å². The van der Waals surface area contributed by atoms with Crippen molar-refractivity contribution >= 4 is 0 Å². The fraction of sp³-hybridized carbons (Fsp3) is 1.00. The Morgan fingerprint density at radius 3 is 1.60 bits per heavy atom. The molecule has 0 spiro atoms. The minimum absolute atomic E-state index is 0.182. The highest BCUT2D eigenvalue weighted by atomic mass is 15.0. The molecule has 0 aliphatic rings. The van der Waals surface area contributed by atoms with Crippen LogP contribution in [0, 0.1) is 0 Å². The topological polar surface area (TPSA) is 90.1 Å². The lowest BCUT2D eigenvalue weighted by Gasteiger charge is -2.13. The normalized spacial score (nSPS) is 12.8. The van der Waals surface area contributed by atoms with Crippen molar-refractivity contribution in [2.24, 2.45) is 17.2 Å². The minimum Gasteiger partial charge on any atom is -0.330 e. The molecule has 0 saturated heterocycles. The second-order valence-electron chi connectivity index (χ2n) is 5.82. The van der Waals surface area contributed by atoms with Gasteiger partial charge in [-0.3, -0.25) is 0 Å². The van der Waals surface area contributed by atoms with Crippen LogP contribution in [-0.2, 0) is 0 Å². The second-order valence-corrected chi connectivity index (χ2v) is 5.82. The van der Waals surface area contributed by atoms with Crippen LogP contribution >= 0.6 is 0 Å². The summed E-state index contributed by atoms with van der Waals surface area (Å²) in [5.41, 5.74) is 17.0. The van der Waals surface area contributed by atoms with Crippen molar-refractivity contribution in [3.8, 4) is 0 Å². The lowest BCUT2D eigenvalue weighted by Crippen LogP contribution is -2.37. The third-order valence-corrected chi connectivity index (χ3v) is 3.76. The summed E-state index contributed by atoms with van der Waals surface area (Å²) in [6.45, 7) is 2.72. The van der Waals surface area contributed by atoms with Gasteiger partial charge in [0.15, 0.2) is 0 Å². The third-order valence-electron chi connectivity index (χ3n) is 3.76. The monoisotopic (exact) mass is 286 g/mol. The van der Waals surface area contributed by atoms with E-state index >= 15 is 0 Å². The van der Waals surface area contributed by atoms with E-state index in [1.807, 2.05) is 0 Å². The summed E-state index contributed by atoms with van der Waals surface area (Å²) < 4.78 is 0. The van der Waals surface area contributed by atoms with E-state index in [1.54, 1.807) is 0 Å². The van der Waals surface area contributed by atoms with E-state index in [9.17, 15) is 0 Å². The van der Waals surface area contributed by atoms with Crippen LogP contribution in [0.15, 0.2) is 0 Å². The molecule has 7 N–H and O–H groups in total. The Morgan fingerprint density at radius 2 is 1.05 bits per heavy atom. The summed E-state index contributed by atoms with van der Waals surface area (Å²) in [6.07, 6.45) is 15.2. The van der Waals surface area contributed by atoms with Crippen LogP contribution in [0.4, 0.5) is 0 Å². The molecule has 1 atom stereocenters. The van der Waals surface area contributed by atoms with Gasteiger partial charge in [-0.05, 0) is 45.3 Å². The number of nitrogens with two attached hydrogens (primary N) is 3. The van der Waals surface area contributed by atoms with E-state index in [2.05, 4.69) is 5.32 Å². The first-order valence-electron chi connectivity index (χ1n) is 8.70. The van der Waals surface area contributed by atoms with Crippen molar-refractivity contribution in [1.82, 2.24) is 5.32 Å². The third kappa shape index (κ3) is 15.9. The van der Waals surface area contributed by atoms with Gasteiger partial charge in [0.2, 0.25) is 0 Å². The van der Waals surface area contributed by atoms with Crippen LogP contribution in [0.25, 0.3) is 0 Å². The van der Waals surface area contributed by atoms with Crippen molar-refractivity contribution in [3.05, 3.63) is 0 Å². The molecule has 0 saturated carbocycles. The lowest BCUT2D eigenvalue weighted by molar-refractivity contribution is 0.452. The molecule has 0 aliphatic heterocycles. The maximum Gasteiger partial charge on any atom is 0.0546 e. The Hall–Kier alpha value is -0.160. The van der Waals surface area contributed by atoms with Crippen LogP contribution in [-0.4, -0.2) is 25.8 Å². The van der Waals surface area contributed by atoms with E-state index in [0.717, 1.165) is 32.5 Å². The van der Waals surface area contributed by atoms with Gasteiger partial charge in [0.05, 0.1) is 6.17 Å². The van der Waals surface area contributed by atoms with Crippen molar-refractivity contribution in [2.75, 3.05) is 19.6 Å². The molecule has 20 heavy (non-hydrogen) atoms. The molecule has 4 nitrogen and oxygen atoms in total. The van der Waals surface area contributed by atoms with Crippen LogP contribution in [0.1, 0.15) is 77.0 Å². The molecule has 0 radical (unpaired) electrons. The maximum atomic E-state index is 6.05. The molecule has 0 aromatic heterocycles. The number of hydrogen-bond donors (Lipinski definition) is 4. The number of hydrogen-bond acceptors (Lipinski definition) is 4. The van der Waals surface area contributed by atoms with Gasteiger partial charge in [-0.25, -0.2) is 0 Å². The Labute approximate surface area is 126 Å². The molecule has 0 fully saturated rings. The highest BCUT2D eigenvalue weighted by Crippen LogP contribution is 2.06. The molecule has 0 heterocycles. The van der Waals surface area contributed by atoms with Crippen LogP contribution in [0.2, 0.25) is 0 Å².